The fraction of sp³-hybridized carbons (Fsp3) is 0.778. The summed E-state index contributed by atoms with van der Waals surface area (Å²) in [6, 6.07) is 0.299. The zero-order valence-corrected chi connectivity index (χ0v) is 13.1. The van der Waals surface area contributed by atoms with Crippen LogP contribution in [0.15, 0.2) is 6.20 Å². The van der Waals surface area contributed by atoms with Crippen molar-refractivity contribution in [2.45, 2.75) is 63.8 Å². The van der Waals surface area contributed by atoms with Crippen LogP contribution >= 0.6 is 0 Å². The fourth-order valence-corrected chi connectivity index (χ4v) is 6.26. The van der Waals surface area contributed by atoms with E-state index in [1.54, 1.807) is 0 Å². The number of carbonyl (C=O) groups is 1. The number of aromatic nitrogens is 2. The molecule has 1 heterocycles. The summed E-state index contributed by atoms with van der Waals surface area (Å²) in [4.78, 5) is 13.1. The Morgan fingerprint density at radius 3 is 2.55 bits per heavy atom. The highest BCUT2D eigenvalue weighted by atomic mass is 16.2. The lowest BCUT2D eigenvalue weighted by Gasteiger charge is -2.56. The molecule has 2 N–H and O–H groups in total. The van der Waals surface area contributed by atoms with Crippen LogP contribution in [-0.4, -0.2) is 22.1 Å². The first kappa shape index (κ1) is 13.1. The van der Waals surface area contributed by atoms with Gasteiger partial charge in [0.15, 0.2) is 0 Å². The molecule has 4 heteroatoms. The van der Waals surface area contributed by atoms with Gasteiger partial charge in [0.25, 0.3) is 0 Å². The second-order valence-electron chi connectivity index (χ2n) is 8.48. The van der Waals surface area contributed by atoms with Gasteiger partial charge < -0.3 is 5.32 Å². The summed E-state index contributed by atoms with van der Waals surface area (Å²) in [7, 11) is 0. The summed E-state index contributed by atoms with van der Waals surface area (Å²) in [5.74, 6) is 2.88. The second-order valence-corrected chi connectivity index (χ2v) is 8.48. The number of fused-ring (bicyclic) bond motifs is 1. The molecule has 4 saturated carbocycles. The van der Waals surface area contributed by atoms with Gasteiger partial charge in [-0.05, 0) is 74.7 Å². The van der Waals surface area contributed by atoms with Crippen LogP contribution in [0.2, 0.25) is 0 Å². The average molecular weight is 299 g/mol. The van der Waals surface area contributed by atoms with Gasteiger partial charge in [0.2, 0.25) is 5.91 Å². The van der Waals surface area contributed by atoms with Gasteiger partial charge in [-0.1, -0.05) is 0 Å². The highest BCUT2D eigenvalue weighted by Crippen LogP contribution is 2.60. The number of carbonyl (C=O) groups excluding carboxylic acids is 1. The molecule has 5 aliphatic carbocycles. The van der Waals surface area contributed by atoms with Crippen molar-refractivity contribution in [3.63, 3.8) is 0 Å². The van der Waals surface area contributed by atoms with Crippen molar-refractivity contribution in [2.75, 3.05) is 0 Å². The first-order chi connectivity index (χ1) is 10.7. The summed E-state index contributed by atoms with van der Waals surface area (Å²) in [6.07, 6.45) is 12.6. The summed E-state index contributed by atoms with van der Waals surface area (Å²) in [6.45, 7) is 0. The van der Waals surface area contributed by atoms with Gasteiger partial charge in [-0.2, -0.15) is 5.10 Å². The van der Waals surface area contributed by atoms with Crippen LogP contribution < -0.4 is 5.32 Å². The molecular weight excluding hydrogens is 274 g/mol. The number of H-pyrrole nitrogens is 1. The van der Waals surface area contributed by atoms with E-state index in [-0.39, 0.29) is 5.41 Å². The lowest BCUT2D eigenvalue weighted by atomic mass is 9.49. The SMILES string of the molecule is O=C(NC1CCc2cn[nH]c2C1)C12CC3CC(CC(C3)C1)C2. The molecule has 0 aromatic carbocycles. The van der Waals surface area contributed by atoms with Crippen LogP contribution in [0.3, 0.4) is 0 Å². The Morgan fingerprint density at radius 2 is 1.86 bits per heavy atom. The Hall–Kier alpha value is -1.32. The van der Waals surface area contributed by atoms with Gasteiger partial charge in [0.1, 0.15) is 0 Å². The van der Waals surface area contributed by atoms with E-state index < -0.39 is 0 Å². The molecule has 0 spiro atoms. The van der Waals surface area contributed by atoms with Gasteiger partial charge in [0, 0.05) is 23.6 Å². The topological polar surface area (TPSA) is 57.8 Å². The normalized spacial score (nSPS) is 42.2. The molecule has 0 radical (unpaired) electrons. The molecule has 6 rings (SSSR count). The van der Waals surface area contributed by atoms with Crippen LogP contribution in [0.5, 0.6) is 0 Å². The molecule has 1 amide bonds. The Bertz CT molecular complexity index is 570. The molecule has 118 valence electrons. The Morgan fingerprint density at radius 1 is 1.18 bits per heavy atom. The van der Waals surface area contributed by atoms with E-state index in [4.69, 9.17) is 0 Å². The number of nitrogens with one attached hydrogen (secondary N) is 2. The first-order valence-corrected chi connectivity index (χ1v) is 9.02. The molecule has 5 aliphatic rings. The van der Waals surface area contributed by atoms with Crippen molar-refractivity contribution in [1.29, 1.82) is 0 Å². The predicted octanol–water partition coefficient (Wildman–Crippen LogP) is 2.60. The minimum Gasteiger partial charge on any atom is -0.352 e. The van der Waals surface area contributed by atoms with E-state index in [9.17, 15) is 4.79 Å². The lowest BCUT2D eigenvalue weighted by molar-refractivity contribution is -0.147. The lowest BCUT2D eigenvalue weighted by Crippen LogP contribution is -2.55. The van der Waals surface area contributed by atoms with Crippen molar-refractivity contribution in [3.05, 3.63) is 17.5 Å². The molecule has 22 heavy (non-hydrogen) atoms. The van der Waals surface area contributed by atoms with E-state index in [1.165, 1.54) is 30.5 Å². The van der Waals surface area contributed by atoms with Gasteiger partial charge in [-0.3, -0.25) is 9.89 Å². The highest BCUT2D eigenvalue weighted by Gasteiger charge is 2.54. The molecule has 1 unspecified atom stereocenters. The van der Waals surface area contributed by atoms with E-state index in [1.807, 2.05) is 6.20 Å². The summed E-state index contributed by atoms with van der Waals surface area (Å²) in [5, 5.41) is 10.6. The quantitative estimate of drug-likeness (QED) is 0.882. The minimum atomic E-state index is -0.0109. The molecule has 1 atom stereocenters. The van der Waals surface area contributed by atoms with Crippen molar-refractivity contribution >= 4 is 5.91 Å². The largest absolute Gasteiger partial charge is 0.352 e. The van der Waals surface area contributed by atoms with E-state index in [0.29, 0.717) is 11.9 Å². The predicted molar refractivity (Wildman–Crippen MR) is 83.1 cm³/mol. The van der Waals surface area contributed by atoms with Gasteiger partial charge in [-0.25, -0.2) is 0 Å². The summed E-state index contributed by atoms with van der Waals surface area (Å²) >= 11 is 0. The monoisotopic (exact) mass is 299 g/mol. The average Bonchev–Trinajstić information content (AvgIpc) is 2.93. The van der Waals surface area contributed by atoms with E-state index >= 15 is 0 Å². The van der Waals surface area contributed by atoms with Crippen molar-refractivity contribution < 1.29 is 4.79 Å². The number of aryl methyl sites for hydroxylation is 1. The Labute approximate surface area is 131 Å². The first-order valence-electron chi connectivity index (χ1n) is 9.02. The Kier molecular flexibility index (Phi) is 2.74. The van der Waals surface area contributed by atoms with Crippen molar-refractivity contribution in [1.82, 2.24) is 15.5 Å². The molecular formula is C18H25N3O. The van der Waals surface area contributed by atoms with Gasteiger partial charge in [0.05, 0.1) is 6.20 Å². The maximum absolute atomic E-state index is 13.1. The van der Waals surface area contributed by atoms with Gasteiger partial charge in [-0.15, -0.1) is 0 Å². The molecule has 4 fully saturated rings. The zero-order valence-electron chi connectivity index (χ0n) is 13.1. The standard InChI is InChI=1S/C18H25N3O/c22-17(20-15-2-1-14-10-19-21-16(14)6-15)18-7-11-3-12(8-18)5-13(4-11)9-18/h10-13,15H,1-9H2,(H,19,21)(H,20,22). The van der Waals surface area contributed by atoms with E-state index in [2.05, 4.69) is 15.5 Å². The third-order valence-electron chi connectivity index (χ3n) is 6.88. The third-order valence-corrected chi connectivity index (χ3v) is 6.88. The van der Waals surface area contributed by atoms with Crippen LogP contribution in [0.1, 0.15) is 56.2 Å². The molecule has 0 aliphatic heterocycles. The van der Waals surface area contributed by atoms with Crippen molar-refractivity contribution in [2.24, 2.45) is 23.2 Å². The highest BCUT2D eigenvalue weighted by molar-refractivity contribution is 5.83. The number of aromatic amines is 1. The van der Waals surface area contributed by atoms with Crippen LogP contribution in [0.4, 0.5) is 0 Å². The Balaban J connectivity index is 1.31. The van der Waals surface area contributed by atoms with Crippen molar-refractivity contribution in [3.8, 4) is 0 Å². The second kappa shape index (κ2) is 4.59. The number of amides is 1. The summed E-state index contributed by atoms with van der Waals surface area (Å²) in [5.41, 5.74) is 2.55. The third kappa shape index (κ3) is 1.95. The number of hydrogen-bond donors (Lipinski definition) is 2. The number of nitrogens with zero attached hydrogens (tertiary/aromatic N) is 1. The van der Waals surface area contributed by atoms with Gasteiger partial charge >= 0.3 is 0 Å². The molecule has 1 aromatic heterocycles. The number of rotatable bonds is 2. The van der Waals surface area contributed by atoms with Crippen LogP contribution in [-0.2, 0) is 17.6 Å². The van der Waals surface area contributed by atoms with E-state index in [0.717, 1.165) is 56.3 Å². The molecule has 4 nitrogen and oxygen atoms in total. The number of hydrogen-bond acceptors (Lipinski definition) is 2. The fourth-order valence-electron chi connectivity index (χ4n) is 6.26. The summed E-state index contributed by atoms with van der Waals surface area (Å²) < 4.78 is 0. The maximum atomic E-state index is 13.1. The molecule has 1 aromatic rings. The molecule has 4 bridgehead atoms. The smallest absolute Gasteiger partial charge is 0.226 e. The molecule has 0 saturated heterocycles. The van der Waals surface area contributed by atoms with Crippen LogP contribution in [0.25, 0.3) is 0 Å². The van der Waals surface area contributed by atoms with Crippen LogP contribution in [0, 0.1) is 23.2 Å². The maximum Gasteiger partial charge on any atom is 0.226 e. The minimum absolute atomic E-state index is 0.0109. The zero-order chi connectivity index (χ0) is 14.7.